The summed E-state index contributed by atoms with van der Waals surface area (Å²) >= 11 is 0. The van der Waals surface area contributed by atoms with Gasteiger partial charge in [0.25, 0.3) is 5.56 Å². The van der Waals surface area contributed by atoms with E-state index in [2.05, 4.69) is 10.2 Å². The van der Waals surface area contributed by atoms with Crippen molar-refractivity contribution < 1.29 is 19.1 Å². The predicted octanol–water partition coefficient (Wildman–Crippen LogP) is 0.527. The number of ether oxygens (including phenoxy) is 2. The number of hydrazone groups is 1. The van der Waals surface area contributed by atoms with Crippen molar-refractivity contribution in [2.75, 3.05) is 26.3 Å². The van der Waals surface area contributed by atoms with E-state index in [1.807, 2.05) is 30.3 Å². The standard InChI is InChI=1S/C18H18N4O5/c1-21-12-9-19-22(10-11-7-5-4-6-8-11)16(23)13(12)14(17(24)26-2)15(20-21)18(25)27-3/h4-9,14H,10H2,1-3H3. The van der Waals surface area contributed by atoms with Crippen LogP contribution in [0.4, 0.5) is 5.69 Å². The van der Waals surface area contributed by atoms with Gasteiger partial charge in [-0.2, -0.15) is 10.2 Å². The molecule has 1 aromatic carbocycles. The van der Waals surface area contributed by atoms with Crippen molar-refractivity contribution in [1.29, 1.82) is 0 Å². The maximum atomic E-state index is 13.1. The lowest BCUT2D eigenvalue weighted by molar-refractivity contribution is -0.142. The van der Waals surface area contributed by atoms with Gasteiger partial charge in [-0.05, 0) is 5.56 Å². The Morgan fingerprint density at radius 3 is 2.48 bits per heavy atom. The molecule has 0 radical (unpaired) electrons. The first kappa shape index (κ1) is 18.3. The highest BCUT2D eigenvalue weighted by Gasteiger charge is 2.41. The zero-order valence-electron chi connectivity index (χ0n) is 15.1. The van der Waals surface area contributed by atoms with E-state index in [1.165, 1.54) is 30.1 Å². The van der Waals surface area contributed by atoms with Crippen LogP contribution in [0.1, 0.15) is 17.0 Å². The van der Waals surface area contributed by atoms with Crippen LogP contribution in [-0.2, 0) is 25.6 Å². The van der Waals surface area contributed by atoms with Crippen LogP contribution in [0.2, 0.25) is 0 Å². The van der Waals surface area contributed by atoms with Crippen LogP contribution in [0.25, 0.3) is 0 Å². The van der Waals surface area contributed by atoms with Crippen molar-refractivity contribution in [1.82, 2.24) is 9.78 Å². The number of esters is 2. The molecule has 1 aromatic heterocycles. The first-order chi connectivity index (χ1) is 13.0. The van der Waals surface area contributed by atoms with E-state index in [0.29, 0.717) is 5.69 Å². The third-order valence-electron chi connectivity index (χ3n) is 4.24. The average molecular weight is 370 g/mol. The molecule has 0 saturated heterocycles. The van der Waals surface area contributed by atoms with Crippen LogP contribution in [0, 0.1) is 0 Å². The van der Waals surface area contributed by atoms with Gasteiger partial charge in [0, 0.05) is 7.05 Å². The summed E-state index contributed by atoms with van der Waals surface area (Å²) < 4.78 is 10.8. The molecule has 0 spiro atoms. The Morgan fingerprint density at radius 2 is 1.85 bits per heavy atom. The molecule has 2 aromatic rings. The lowest BCUT2D eigenvalue weighted by atomic mass is 9.92. The van der Waals surface area contributed by atoms with Crippen molar-refractivity contribution in [3.63, 3.8) is 0 Å². The number of anilines is 1. The van der Waals surface area contributed by atoms with Crippen molar-refractivity contribution in [2.24, 2.45) is 5.10 Å². The summed E-state index contributed by atoms with van der Waals surface area (Å²) in [6, 6.07) is 9.29. The largest absolute Gasteiger partial charge is 0.468 e. The minimum atomic E-state index is -1.29. The van der Waals surface area contributed by atoms with Gasteiger partial charge >= 0.3 is 11.9 Å². The molecule has 0 bridgehead atoms. The van der Waals surface area contributed by atoms with Gasteiger partial charge in [0.15, 0.2) is 5.71 Å². The van der Waals surface area contributed by atoms with Crippen LogP contribution in [-0.4, -0.2) is 48.7 Å². The smallest absolute Gasteiger partial charge is 0.355 e. The van der Waals surface area contributed by atoms with Gasteiger partial charge in [0.05, 0.1) is 38.2 Å². The first-order valence-corrected chi connectivity index (χ1v) is 8.10. The molecule has 1 aliphatic heterocycles. The van der Waals surface area contributed by atoms with E-state index < -0.39 is 23.4 Å². The minimum Gasteiger partial charge on any atom is -0.468 e. The van der Waals surface area contributed by atoms with Gasteiger partial charge in [0.1, 0.15) is 5.92 Å². The van der Waals surface area contributed by atoms with E-state index in [-0.39, 0.29) is 17.8 Å². The highest BCUT2D eigenvalue weighted by molar-refractivity contribution is 6.43. The molecule has 9 nitrogen and oxygen atoms in total. The van der Waals surface area contributed by atoms with Gasteiger partial charge < -0.3 is 9.47 Å². The van der Waals surface area contributed by atoms with Crippen LogP contribution in [0.15, 0.2) is 46.4 Å². The fourth-order valence-corrected chi connectivity index (χ4v) is 2.91. The summed E-state index contributed by atoms with van der Waals surface area (Å²) in [6.07, 6.45) is 1.44. The Bertz CT molecular complexity index is 967. The van der Waals surface area contributed by atoms with Crippen molar-refractivity contribution >= 4 is 23.3 Å². The van der Waals surface area contributed by atoms with Gasteiger partial charge in [-0.1, -0.05) is 30.3 Å². The summed E-state index contributed by atoms with van der Waals surface area (Å²) in [4.78, 5) is 37.6. The molecule has 0 N–H and O–H groups in total. The zero-order valence-corrected chi connectivity index (χ0v) is 15.1. The Labute approximate surface area is 154 Å². The van der Waals surface area contributed by atoms with Crippen LogP contribution >= 0.6 is 0 Å². The second-order valence-corrected chi connectivity index (χ2v) is 5.85. The number of aromatic nitrogens is 2. The molecule has 1 atom stereocenters. The van der Waals surface area contributed by atoms with Crippen LogP contribution in [0.5, 0.6) is 0 Å². The number of carbonyl (C=O) groups is 2. The molecule has 1 aliphatic rings. The second-order valence-electron chi connectivity index (χ2n) is 5.85. The number of hydrogen-bond donors (Lipinski definition) is 0. The molecule has 0 fully saturated rings. The van der Waals surface area contributed by atoms with E-state index in [9.17, 15) is 14.4 Å². The Morgan fingerprint density at radius 1 is 1.15 bits per heavy atom. The topological polar surface area (TPSA) is 103 Å². The lowest BCUT2D eigenvalue weighted by Crippen LogP contribution is -2.42. The number of benzene rings is 1. The van der Waals surface area contributed by atoms with E-state index >= 15 is 0 Å². The molecular formula is C18H18N4O5. The minimum absolute atomic E-state index is 0.0747. The molecule has 9 heteroatoms. The van der Waals surface area contributed by atoms with Gasteiger partial charge in [-0.25, -0.2) is 9.48 Å². The number of carbonyl (C=O) groups excluding carboxylic acids is 2. The molecular weight excluding hydrogens is 352 g/mol. The number of methoxy groups -OCH3 is 2. The van der Waals surface area contributed by atoms with E-state index in [4.69, 9.17) is 9.47 Å². The van der Waals surface area contributed by atoms with Gasteiger partial charge in [0.2, 0.25) is 0 Å². The fourth-order valence-electron chi connectivity index (χ4n) is 2.91. The normalized spacial score (nSPS) is 15.6. The predicted molar refractivity (Wildman–Crippen MR) is 96.7 cm³/mol. The summed E-state index contributed by atoms with van der Waals surface area (Å²) in [5.74, 6) is -2.87. The number of hydrogen-bond acceptors (Lipinski definition) is 8. The van der Waals surface area contributed by atoms with Gasteiger partial charge in [-0.3, -0.25) is 14.6 Å². The second kappa shape index (κ2) is 7.40. The Balaban J connectivity index is 2.15. The highest BCUT2D eigenvalue weighted by atomic mass is 16.5. The quantitative estimate of drug-likeness (QED) is 0.723. The summed E-state index contributed by atoms with van der Waals surface area (Å²) in [5, 5.41) is 9.58. The van der Waals surface area contributed by atoms with Crippen molar-refractivity contribution in [3.05, 3.63) is 58.0 Å². The molecule has 140 valence electrons. The van der Waals surface area contributed by atoms with Crippen LogP contribution < -0.4 is 10.6 Å². The Kier molecular flexibility index (Phi) is 5.02. The molecule has 0 saturated carbocycles. The maximum Gasteiger partial charge on any atom is 0.355 e. The molecule has 0 aliphatic carbocycles. The number of nitrogens with zero attached hydrogens (tertiary/aromatic N) is 4. The summed E-state index contributed by atoms with van der Waals surface area (Å²) in [5.41, 5.74) is 0.551. The van der Waals surface area contributed by atoms with Gasteiger partial charge in [-0.15, -0.1) is 0 Å². The third-order valence-corrected chi connectivity index (χ3v) is 4.24. The molecule has 27 heavy (non-hydrogen) atoms. The third kappa shape index (κ3) is 3.31. The van der Waals surface area contributed by atoms with E-state index in [1.54, 1.807) is 7.05 Å². The number of rotatable bonds is 4. The molecule has 2 heterocycles. The fraction of sp³-hybridized carbons (Fsp3) is 0.278. The molecule has 1 unspecified atom stereocenters. The summed E-state index contributed by atoms with van der Waals surface area (Å²) in [7, 11) is 3.91. The van der Waals surface area contributed by atoms with Crippen molar-refractivity contribution in [2.45, 2.75) is 12.5 Å². The number of fused-ring (bicyclic) bond motifs is 1. The maximum absolute atomic E-state index is 13.1. The Hall–Kier alpha value is -3.49. The summed E-state index contributed by atoms with van der Waals surface area (Å²) in [6.45, 7) is 0.218. The molecule has 3 rings (SSSR count). The van der Waals surface area contributed by atoms with Crippen LogP contribution in [0.3, 0.4) is 0 Å². The average Bonchev–Trinajstić information content (AvgIpc) is 2.69. The lowest BCUT2D eigenvalue weighted by Gasteiger charge is -2.28. The highest BCUT2D eigenvalue weighted by Crippen LogP contribution is 2.31. The first-order valence-electron chi connectivity index (χ1n) is 8.10. The monoisotopic (exact) mass is 370 g/mol. The van der Waals surface area contributed by atoms with E-state index in [0.717, 1.165) is 5.56 Å². The SMILES string of the molecule is COC(=O)C1=NN(C)c2cnn(Cc3ccccc3)c(=O)c2C1C(=O)OC. The van der Waals surface area contributed by atoms with Crippen molar-refractivity contribution in [3.8, 4) is 0 Å². The molecule has 0 amide bonds. The zero-order chi connectivity index (χ0) is 19.6.